The fourth-order valence-corrected chi connectivity index (χ4v) is 2.75. The molecule has 1 N–H and O–H groups in total. The molecule has 0 fully saturated rings. The molecule has 0 saturated heterocycles. The van der Waals surface area contributed by atoms with Crippen LogP contribution < -0.4 is 5.32 Å². The van der Waals surface area contributed by atoms with Crippen LogP contribution in [0.3, 0.4) is 0 Å². The number of unbranched alkanes of at least 4 members (excludes halogenated alkanes) is 2. The molecule has 0 amide bonds. The van der Waals surface area contributed by atoms with Gasteiger partial charge in [-0.15, -0.1) is 0 Å². The van der Waals surface area contributed by atoms with Crippen LogP contribution in [0.25, 0.3) is 0 Å². The van der Waals surface area contributed by atoms with Crippen LogP contribution in [0.4, 0.5) is 0 Å². The molecule has 0 bridgehead atoms. The van der Waals surface area contributed by atoms with E-state index in [0.29, 0.717) is 11.8 Å². The van der Waals surface area contributed by atoms with Gasteiger partial charge in [0.15, 0.2) is 0 Å². The lowest BCUT2D eigenvalue weighted by atomic mass is 10.0. The monoisotopic (exact) mass is 249 g/mol. The van der Waals surface area contributed by atoms with E-state index in [1.54, 1.807) is 6.92 Å². The van der Waals surface area contributed by atoms with Crippen LogP contribution in [-0.2, 0) is 9.84 Å². The summed E-state index contributed by atoms with van der Waals surface area (Å²) >= 11 is 0. The van der Waals surface area contributed by atoms with Crippen LogP contribution in [-0.4, -0.2) is 33.0 Å². The zero-order valence-corrected chi connectivity index (χ0v) is 11.8. The first kappa shape index (κ1) is 15.9. The van der Waals surface area contributed by atoms with Crippen LogP contribution in [0.15, 0.2) is 0 Å². The van der Waals surface area contributed by atoms with E-state index < -0.39 is 9.84 Å². The molecule has 0 aromatic heterocycles. The third-order valence-corrected chi connectivity index (χ3v) is 4.78. The Kier molecular flexibility index (Phi) is 8.94. The number of hydrogen-bond donors (Lipinski definition) is 1. The zero-order chi connectivity index (χ0) is 12.4. The molecule has 0 saturated carbocycles. The van der Waals surface area contributed by atoms with E-state index in [1.165, 1.54) is 12.8 Å². The first-order chi connectivity index (χ1) is 7.55. The highest BCUT2D eigenvalue weighted by Gasteiger charge is 2.07. The van der Waals surface area contributed by atoms with Crippen molar-refractivity contribution in [2.24, 2.45) is 0 Å². The predicted molar refractivity (Wildman–Crippen MR) is 70.6 cm³/mol. The SMILES string of the molecule is CCCC(CCCCCS(=O)(=O)CC)NC. The molecule has 98 valence electrons. The van der Waals surface area contributed by atoms with Gasteiger partial charge in [-0.05, 0) is 26.3 Å². The minimum Gasteiger partial charge on any atom is -0.317 e. The maximum Gasteiger partial charge on any atom is 0.150 e. The molecule has 1 atom stereocenters. The van der Waals surface area contributed by atoms with Gasteiger partial charge < -0.3 is 5.32 Å². The maximum atomic E-state index is 11.2. The Hall–Kier alpha value is -0.0900. The van der Waals surface area contributed by atoms with Gasteiger partial charge in [0.1, 0.15) is 9.84 Å². The summed E-state index contributed by atoms with van der Waals surface area (Å²) in [5, 5.41) is 3.30. The Morgan fingerprint density at radius 1 is 1.06 bits per heavy atom. The Morgan fingerprint density at radius 2 is 1.75 bits per heavy atom. The average Bonchev–Trinajstić information content (AvgIpc) is 2.27. The molecule has 16 heavy (non-hydrogen) atoms. The summed E-state index contributed by atoms with van der Waals surface area (Å²) in [5.41, 5.74) is 0. The molecular weight excluding hydrogens is 222 g/mol. The Bertz CT molecular complexity index is 250. The molecule has 0 aliphatic heterocycles. The Labute approximate surface area is 101 Å². The molecule has 0 rings (SSSR count). The summed E-state index contributed by atoms with van der Waals surface area (Å²) in [7, 11) is -0.750. The van der Waals surface area contributed by atoms with Gasteiger partial charge in [-0.2, -0.15) is 0 Å². The first-order valence-corrected chi connectivity index (χ1v) is 8.25. The predicted octanol–water partition coefficient (Wildman–Crippen LogP) is 2.37. The Morgan fingerprint density at radius 3 is 2.25 bits per heavy atom. The van der Waals surface area contributed by atoms with Crippen LogP contribution in [0, 0.1) is 0 Å². The summed E-state index contributed by atoms with van der Waals surface area (Å²) < 4.78 is 22.5. The van der Waals surface area contributed by atoms with Crippen molar-refractivity contribution in [2.45, 2.75) is 58.4 Å². The highest BCUT2D eigenvalue weighted by molar-refractivity contribution is 7.91. The second-order valence-electron chi connectivity index (χ2n) is 4.36. The topological polar surface area (TPSA) is 46.2 Å². The third-order valence-electron chi connectivity index (χ3n) is 2.99. The van der Waals surface area contributed by atoms with Crippen molar-refractivity contribution in [3.8, 4) is 0 Å². The normalized spacial score (nSPS) is 13.9. The van der Waals surface area contributed by atoms with E-state index in [-0.39, 0.29) is 5.75 Å². The molecule has 0 spiro atoms. The van der Waals surface area contributed by atoms with E-state index in [2.05, 4.69) is 12.2 Å². The standard InChI is InChI=1S/C12H27NO2S/c1-4-9-12(13-3)10-7-6-8-11-16(14,15)5-2/h12-13H,4-11H2,1-3H3. The smallest absolute Gasteiger partial charge is 0.150 e. The number of sulfone groups is 1. The zero-order valence-electron chi connectivity index (χ0n) is 11.0. The summed E-state index contributed by atoms with van der Waals surface area (Å²) in [5.74, 6) is 0.642. The third kappa shape index (κ3) is 8.11. The second kappa shape index (κ2) is 8.99. The lowest BCUT2D eigenvalue weighted by Crippen LogP contribution is -2.24. The van der Waals surface area contributed by atoms with Crippen molar-refractivity contribution in [1.82, 2.24) is 5.32 Å². The maximum absolute atomic E-state index is 11.2. The molecule has 0 radical (unpaired) electrons. The van der Waals surface area contributed by atoms with E-state index in [0.717, 1.165) is 25.7 Å². The summed E-state index contributed by atoms with van der Waals surface area (Å²) in [4.78, 5) is 0. The van der Waals surface area contributed by atoms with Gasteiger partial charge in [-0.25, -0.2) is 8.42 Å². The largest absolute Gasteiger partial charge is 0.317 e. The molecule has 0 heterocycles. The van der Waals surface area contributed by atoms with Crippen LogP contribution in [0.1, 0.15) is 52.4 Å². The van der Waals surface area contributed by atoms with Crippen molar-refractivity contribution in [1.29, 1.82) is 0 Å². The van der Waals surface area contributed by atoms with Gasteiger partial charge in [0.05, 0.1) is 5.75 Å². The lowest BCUT2D eigenvalue weighted by Gasteiger charge is -2.14. The van der Waals surface area contributed by atoms with Crippen LogP contribution >= 0.6 is 0 Å². The van der Waals surface area contributed by atoms with Gasteiger partial charge in [0, 0.05) is 11.8 Å². The molecule has 0 aliphatic carbocycles. The fraction of sp³-hybridized carbons (Fsp3) is 1.00. The number of nitrogens with one attached hydrogen (secondary N) is 1. The number of hydrogen-bond acceptors (Lipinski definition) is 3. The molecule has 4 heteroatoms. The van der Waals surface area contributed by atoms with Gasteiger partial charge in [-0.3, -0.25) is 0 Å². The first-order valence-electron chi connectivity index (χ1n) is 6.43. The van der Waals surface area contributed by atoms with Gasteiger partial charge >= 0.3 is 0 Å². The quantitative estimate of drug-likeness (QED) is 0.605. The van der Waals surface area contributed by atoms with Crippen molar-refractivity contribution < 1.29 is 8.42 Å². The van der Waals surface area contributed by atoms with Crippen LogP contribution in [0.2, 0.25) is 0 Å². The highest BCUT2D eigenvalue weighted by Crippen LogP contribution is 2.09. The van der Waals surface area contributed by atoms with Crippen molar-refractivity contribution in [2.75, 3.05) is 18.6 Å². The minimum atomic E-state index is -2.75. The van der Waals surface area contributed by atoms with Crippen molar-refractivity contribution in [3.05, 3.63) is 0 Å². The van der Waals surface area contributed by atoms with E-state index >= 15 is 0 Å². The van der Waals surface area contributed by atoms with E-state index in [9.17, 15) is 8.42 Å². The van der Waals surface area contributed by atoms with Crippen LogP contribution in [0.5, 0.6) is 0 Å². The summed E-state index contributed by atoms with van der Waals surface area (Å²) in [6.07, 6.45) is 6.56. The lowest BCUT2D eigenvalue weighted by molar-refractivity contribution is 0.460. The summed E-state index contributed by atoms with van der Waals surface area (Å²) in [6, 6.07) is 0.604. The Balaban J connectivity index is 3.52. The molecule has 0 aromatic rings. The fourth-order valence-electron chi connectivity index (χ4n) is 1.82. The number of rotatable bonds is 10. The highest BCUT2D eigenvalue weighted by atomic mass is 32.2. The molecule has 0 aliphatic rings. The van der Waals surface area contributed by atoms with Crippen molar-refractivity contribution in [3.63, 3.8) is 0 Å². The van der Waals surface area contributed by atoms with Gasteiger partial charge in [0.25, 0.3) is 0 Å². The van der Waals surface area contributed by atoms with E-state index in [1.807, 2.05) is 7.05 Å². The summed E-state index contributed by atoms with van der Waals surface area (Å²) in [6.45, 7) is 3.91. The average molecular weight is 249 g/mol. The van der Waals surface area contributed by atoms with Gasteiger partial charge in [-0.1, -0.05) is 33.1 Å². The second-order valence-corrected chi connectivity index (χ2v) is 6.83. The molecule has 0 aromatic carbocycles. The molecule has 3 nitrogen and oxygen atoms in total. The van der Waals surface area contributed by atoms with E-state index in [4.69, 9.17) is 0 Å². The van der Waals surface area contributed by atoms with Gasteiger partial charge in [0.2, 0.25) is 0 Å². The minimum absolute atomic E-state index is 0.280. The molecular formula is C12H27NO2S. The van der Waals surface area contributed by atoms with Crippen molar-refractivity contribution >= 4 is 9.84 Å². The molecule has 1 unspecified atom stereocenters.